The summed E-state index contributed by atoms with van der Waals surface area (Å²) in [5.41, 5.74) is 1.25. The predicted molar refractivity (Wildman–Crippen MR) is 92.1 cm³/mol. The van der Waals surface area contributed by atoms with Gasteiger partial charge in [-0.3, -0.25) is 0 Å². The van der Waals surface area contributed by atoms with Crippen LogP contribution in [0.25, 0.3) is 0 Å². The first-order valence-corrected chi connectivity index (χ1v) is 8.41. The van der Waals surface area contributed by atoms with E-state index in [1.807, 2.05) is 6.07 Å². The van der Waals surface area contributed by atoms with Crippen molar-refractivity contribution in [3.05, 3.63) is 60.4 Å². The molecule has 1 aliphatic heterocycles. The number of halogens is 1. The van der Waals surface area contributed by atoms with Crippen molar-refractivity contribution in [2.24, 2.45) is 0 Å². The summed E-state index contributed by atoms with van der Waals surface area (Å²) in [6.07, 6.45) is -0.595. The minimum atomic E-state index is -0.595. The molecular weight excluding hydrogens is 307 g/mol. The molecule has 3 rings (SSSR count). The molecule has 2 aromatic rings. The summed E-state index contributed by atoms with van der Waals surface area (Å²) in [5.74, 6) is -0.200. The van der Waals surface area contributed by atoms with Crippen molar-refractivity contribution >= 4 is 5.69 Å². The number of aliphatic hydroxyl groups is 1. The van der Waals surface area contributed by atoms with E-state index >= 15 is 0 Å². The fourth-order valence-corrected chi connectivity index (χ4v) is 3.06. The number of para-hydroxylation sites is 2. The van der Waals surface area contributed by atoms with E-state index in [-0.39, 0.29) is 12.4 Å². The summed E-state index contributed by atoms with van der Waals surface area (Å²) in [6.45, 7) is 4.64. The monoisotopic (exact) mass is 331 g/mol. The standard InChI is InChI=1S/C19H23FN2O2/c20-18-8-4-5-9-19(18)24-15-17(23)14-21-10-12-22(13-11-21)16-6-2-1-3-7-16/h1-9,17,23H,10-15H2/p+1/t17-/m1/s1. The topological polar surface area (TPSA) is 37.1 Å². The number of ether oxygens (including phenoxy) is 1. The van der Waals surface area contributed by atoms with Gasteiger partial charge in [0.2, 0.25) is 0 Å². The lowest BCUT2D eigenvalue weighted by Crippen LogP contribution is -3.16. The highest BCUT2D eigenvalue weighted by Gasteiger charge is 2.22. The lowest BCUT2D eigenvalue weighted by Gasteiger charge is -2.34. The van der Waals surface area contributed by atoms with E-state index in [9.17, 15) is 9.50 Å². The van der Waals surface area contributed by atoms with E-state index in [1.165, 1.54) is 16.7 Å². The average molecular weight is 331 g/mol. The van der Waals surface area contributed by atoms with Crippen LogP contribution in [0.1, 0.15) is 0 Å². The number of nitrogens with zero attached hydrogens (tertiary/aromatic N) is 1. The summed E-state index contributed by atoms with van der Waals surface area (Å²) in [6, 6.07) is 16.7. The van der Waals surface area contributed by atoms with E-state index in [4.69, 9.17) is 4.74 Å². The van der Waals surface area contributed by atoms with E-state index in [1.54, 1.807) is 18.2 Å². The Hall–Kier alpha value is -2.11. The molecular formula is C19H24FN2O2+. The zero-order chi connectivity index (χ0) is 16.8. The lowest BCUT2D eigenvalue weighted by molar-refractivity contribution is -0.903. The Morgan fingerprint density at radius 1 is 1.04 bits per heavy atom. The highest BCUT2D eigenvalue weighted by atomic mass is 19.1. The molecule has 1 heterocycles. The largest absolute Gasteiger partial charge is 0.488 e. The normalized spacial score (nSPS) is 16.8. The number of nitrogens with one attached hydrogen (secondary N) is 1. The van der Waals surface area contributed by atoms with Crippen LogP contribution >= 0.6 is 0 Å². The SMILES string of the molecule is O[C@@H](COc1ccccc1F)C[NH+]1CCN(c2ccccc2)CC1. The third-order valence-corrected chi connectivity index (χ3v) is 4.38. The number of quaternary nitrogens is 1. The minimum absolute atomic E-state index is 0.118. The molecule has 0 aliphatic carbocycles. The van der Waals surface area contributed by atoms with Gasteiger partial charge in [0.1, 0.15) is 19.3 Å². The van der Waals surface area contributed by atoms with E-state index < -0.39 is 11.9 Å². The number of hydrogen-bond acceptors (Lipinski definition) is 3. The molecule has 0 spiro atoms. The Bertz CT molecular complexity index is 630. The van der Waals surface area contributed by atoms with Crippen molar-refractivity contribution in [1.29, 1.82) is 0 Å². The number of hydrogen-bond donors (Lipinski definition) is 2. The zero-order valence-electron chi connectivity index (χ0n) is 13.7. The summed E-state index contributed by atoms with van der Waals surface area (Å²) in [4.78, 5) is 3.72. The molecule has 0 amide bonds. The van der Waals surface area contributed by atoms with Crippen molar-refractivity contribution in [3.63, 3.8) is 0 Å². The lowest BCUT2D eigenvalue weighted by atomic mass is 10.2. The molecule has 1 aliphatic rings. The maximum absolute atomic E-state index is 13.5. The third kappa shape index (κ3) is 4.46. The van der Waals surface area contributed by atoms with Gasteiger partial charge in [0, 0.05) is 5.69 Å². The van der Waals surface area contributed by atoms with Crippen LogP contribution in [0.4, 0.5) is 10.1 Å². The average Bonchev–Trinajstić information content (AvgIpc) is 2.62. The van der Waals surface area contributed by atoms with Crippen molar-refractivity contribution in [2.75, 3.05) is 44.2 Å². The summed E-state index contributed by atoms with van der Waals surface area (Å²) >= 11 is 0. The quantitative estimate of drug-likeness (QED) is 0.828. The highest BCUT2D eigenvalue weighted by Crippen LogP contribution is 2.15. The molecule has 0 unspecified atom stereocenters. The maximum Gasteiger partial charge on any atom is 0.165 e. The van der Waals surface area contributed by atoms with E-state index in [0.717, 1.165) is 26.2 Å². The number of rotatable bonds is 6. The summed E-state index contributed by atoms with van der Waals surface area (Å²) < 4.78 is 18.9. The molecule has 1 atom stereocenters. The zero-order valence-corrected chi connectivity index (χ0v) is 13.7. The second-order valence-electron chi connectivity index (χ2n) is 6.17. The second kappa shape index (κ2) is 8.13. The third-order valence-electron chi connectivity index (χ3n) is 4.38. The molecule has 0 saturated carbocycles. The van der Waals surface area contributed by atoms with Crippen molar-refractivity contribution in [2.45, 2.75) is 6.10 Å². The van der Waals surface area contributed by atoms with Crippen molar-refractivity contribution in [3.8, 4) is 5.75 Å². The highest BCUT2D eigenvalue weighted by molar-refractivity contribution is 5.46. The van der Waals surface area contributed by atoms with Gasteiger partial charge in [0.05, 0.1) is 26.2 Å². The molecule has 4 nitrogen and oxygen atoms in total. The Morgan fingerprint density at radius 2 is 1.71 bits per heavy atom. The molecule has 2 aromatic carbocycles. The van der Waals surface area contributed by atoms with Crippen LogP contribution in [0.5, 0.6) is 5.75 Å². The first-order valence-electron chi connectivity index (χ1n) is 8.41. The molecule has 24 heavy (non-hydrogen) atoms. The molecule has 1 fully saturated rings. The van der Waals surface area contributed by atoms with Crippen LogP contribution in [0.15, 0.2) is 54.6 Å². The van der Waals surface area contributed by atoms with Gasteiger partial charge in [0.15, 0.2) is 11.6 Å². The van der Waals surface area contributed by atoms with Gasteiger partial charge in [0.25, 0.3) is 0 Å². The second-order valence-corrected chi connectivity index (χ2v) is 6.17. The Labute approximate surface area is 142 Å². The van der Waals surface area contributed by atoms with Crippen LogP contribution in [0.2, 0.25) is 0 Å². The summed E-state index contributed by atoms with van der Waals surface area (Å²) in [5, 5.41) is 10.2. The first-order chi connectivity index (χ1) is 11.7. The molecule has 0 aromatic heterocycles. The van der Waals surface area contributed by atoms with Gasteiger partial charge in [-0.15, -0.1) is 0 Å². The molecule has 1 saturated heterocycles. The van der Waals surface area contributed by atoms with Crippen LogP contribution in [0, 0.1) is 5.82 Å². The van der Waals surface area contributed by atoms with Gasteiger partial charge in [-0.25, -0.2) is 4.39 Å². The Balaban J connectivity index is 1.42. The van der Waals surface area contributed by atoms with Crippen LogP contribution in [0.3, 0.4) is 0 Å². The first kappa shape index (κ1) is 16.7. The minimum Gasteiger partial charge on any atom is -0.488 e. The molecule has 5 heteroatoms. The summed E-state index contributed by atoms with van der Waals surface area (Å²) in [7, 11) is 0. The molecule has 0 radical (unpaired) electrons. The van der Waals surface area contributed by atoms with Crippen LogP contribution in [-0.4, -0.2) is 50.5 Å². The molecule has 2 N–H and O–H groups in total. The molecule has 128 valence electrons. The van der Waals surface area contributed by atoms with Crippen molar-refractivity contribution in [1.82, 2.24) is 0 Å². The Kier molecular flexibility index (Phi) is 5.67. The number of benzene rings is 2. The van der Waals surface area contributed by atoms with Crippen molar-refractivity contribution < 1.29 is 19.1 Å². The fraction of sp³-hybridized carbons (Fsp3) is 0.368. The number of anilines is 1. The van der Waals surface area contributed by atoms with Crippen LogP contribution in [-0.2, 0) is 0 Å². The van der Waals surface area contributed by atoms with Crippen LogP contribution < -0.4 is 14.5 Å². The smallest absolute Gasteiger partial charge is 0.165 e. The van der Waals surface area contributed by atoms with Gasteiger partial charge in [-0.1, -0.05) is 30.3 Å². The van der Waals surface area contributed by atoms with Gasteiger partial charge < -0.3 is 19.6 Å². The number of aliphatic hydroxyl groups excluding tert-OH is 1. The van der Waals surface area contributed by atoms with Gasteiger partial charge in [-0.05, 0) is 24.3 Å². The van der Waals surface area contributed by atoms with Gasteiger partial charge in [-0.2, -0.15) is 0 Å². The predicted octanol–water partition coefficient (Wildman–Crippen LogP) is 0.970. The van der Waals surface area contributed by atoms with E-state index in [0.29, 0.717) is 6.54 Å². The number of piperazine rings is 1. The maximum atomic E-state index is 13.5. The Morgan fingerprint density at radius 3 is 2.42 bits per heavy atom. The fourth-order valence-electron chi connectivity index (χ4n) is 3.06. The van der Waals surface area contributed by atoms with Gasteiger partial charge >= 0.3 is 0 Å². The van der Waals surface area contributed by atoms with E-state index in [2.05, 4.69) is 29.2 Å². The molecule has 0 bridgehead atoms.